The van der Waals surface area contributed by atoms with E-state index in [0.717, 1.165) is 41.5 Å². The molecule has 0 aliphatic carbocycles. The van der Waals surface area contributed by atoms with Crippen molar-refractivity contribution < 1.29 is 9.59 Å². The molecule has 0 unspecified atom stereocenters. The molecule has 0 radical (unpaired) electrons. The number of likely N-dealkylation sites (tertiary alicyclic amines) is 1. The summed E-state index contributed by atoms with van der Waals surface area (Å²) in [6.45, 7) is 1.79. The second kappa shape index (κ2) is 10.1. The standard InChI is InChI=1S/C23H24IN7O2/c1-30-21(18(14-27-30)23(33)28-19-9-4-15(12-24)13-26-19)29-22(32)17-7-5-16(6-8-17)20(25)31-10-2-3-11-31/h4-9,13-14,25H,2-3,10-12H2,1H3,(H,29,32)(H,26,28,33). The van der Waals surface area contributed by atoms with Gasteiger partial charge in [0.25, 0.3) is 11.8 Å². The smallest absolute Gasteiger partial charge is 0.262 e. The number of nitrogens with zero attached hydrogens (tertiary/aromatic N) is 4. The normalized spacial score (nSPS) is 13.1. The van der Waals surface area contributed by atoms with Crippen molar-refractivity contribution in [2.45, 2.75) is 17.3 Å². The summed E-state index contributed by atoms with van der Waals surface area (Å²) < 4.78 is 2.27. The molecule has 4 rings (SSSR count). The summed E-state index contributed by atoms with van der Waals surface area (Å²) in [5, 5.41) is 18.0. The number of amides is 2. The molecule has 0 bridgehead atoms. The highest BCUT2D eigenvalue weighted by Crippen LogP contribution is 2.19. The third kappa shape index (κ3) is 5.21. The van der Waals surface area contributed by atoms with Gasteiger partial charge in [-0.3, -0.25) is 19.7 Å². The van der Waals surface area contributed by atoms with Crippen molar-refractivity contribution in [3.63, 3.8) is 0 Å². The summed E-state index contributed by atoms with van der Waals surface area (Å²) in [6, 6.07) is 10.6. The van der Waals surface area contributed by atoms with E-state index in [4.69, 9.17) is 5.41 Å². The summed E-state index contributed by atoms with van der Waals surface area (Å²) in [5.41, 5.74) is 2.49. The Morgan fingerprint density at radius 2 is 1.70 bits per heavy atom. The Morgan fingerprint density at radius 1 is 1.00 bits per heavy atom. The third-order valence-corrected chi connectivity index (χ3v) is 6.36. The molecule has 170 valence electrons. The van der Waals surface area contributed by atoms with Crippen molar-refractivity contribution >= 4 is 51.9 Å². The monoisotopic (exact) mass is 557 g/mol. The van der Waals surface area contributed by atoms with Crippen molar-refractivity contribution in [2.24, 2.45) is 7.05 Å². The number of carbonyl (C=O) groups excluding carboxylic acids is 2. The van der Waals surface area contributed by atoms with Gasteiger partial charge in [0.2, 0.25) is 0 Å². The molecule has 0 spiro atoms. The van der Waals surface area contributed by atoms with Crippen molar-refractivity contribution in [2.75, 3.05) is 23.7 Å². The first-order valence-corrected chi connectivity index (χ1v) is 12.1. The predicted molar refractivity (Wildman–Crippen MR) is 135 cm³/mol. The van der Waals surface area contributed by atoms with E-state index in [1.807, 2.05) is 11.0 Å². The molecule has 10 heteroatoms. The van der Waals surface area contributed by atoms with Crippen molar-refractivity contribution in [1.82, 2.24) is 19.7 Å². The van der Waals surface area contributed by atoms with E-state index in [-0.39, 0.29) is 17.3 Å². The first-order valence-electron chi connectivity index (χ1n) is 10.6. The maximum atomic E-state index is 12.8. The van der Waals surface area contributed by atoms with Crippen LogP contribution in [-0.4, -0.2) is 50.4 Å². The van der Waals surface area contributed by atoms with Crippen LogP contribution in [0, 0.1) is 5.41 Å². The summed E-state index contributed by atoms with van der Waals surface area (Å²) >= 11 is 2.24. The molecule has 3 aromatic rings. The van der Waals surface area contributed by atoms with Crippen molar-refractivity contribution in [3.8, 4) is 0 Å². The number of amidine groups is 1. The zero-order valence-electron chi connectivity index (χ0n) is 18.1. The number of aromatic nitrogens is 3. The number of aryl methyl sites for hydroxylation is 1. The van der Waals surface area contributed by atoms with Crippen LogP contribution in [-0.2, 0) is 11.5 Å². The van der Waals surface area contributed by atoms with Gasteiger partial charge in [0.05, 0.1) is 6.20 Å². The minimum absolute atomic E-state index is 0.234. The van der Waals surface area contributed by atoms with Gasteiger partial charge in [-0.15, -0.1) is 0 Å². The van der Waals surface area contributed by atoms with Crippen LogP contribution in [0.5, 0.6) is 0 Å². The summed E-state index contributed by atoms with van der Waals surface area (Å²) in [7, 11) is 1.65. The molecule has 9 nitrogen and oxygen atoms in total. The maximum Gasteiger partial charge on any atom is 0.262 e. The molecular formula is C23H24IN7O2. The van der Waals surface area contributed by atoms with E-state index in [1.165, 1.54) is 10.9 Å². The van der Waals surface area contributed by atoms with Gasteiger partial charge >= 0.3 is 0 Å². The number of benzene rings is 1. The van der Waals surface area contributed by atoms with E-state index < -0.39 is 5.91 Å². The summed E-state index contributed by atoms with van der Waals surface area (Å²) in [4.78, 5) is 31.9. The first kappa shape index (κ1) is 22.9. The maximum absolute atomic E-state index is 12.8. The summed E-state index contributed by atoms with van der Waals surface area (Å²) in [6.07, 6.45) is 5.32. The molecule has 1 aliphatic heterocycles. The fourth-order valence-electron chi connectivity index (χ4n) is 3.60. The van der Waals surface area contributed by atoms with Gasteiger partial charge in [0, 0.05) is 41.9 Å². The molecule has 0 atom stereocenters. The van der Waals surface area contributed by atoms with Crippen molar-refractivity contribution in [3.05, 3.63) is 71.0 Å². The molecule has 1 aromatic carbocycles. The number of carbonyl (C=O) groups is 2. The molecule has 1 fully saturated rings. The third-order valence-electron chi connectivity index (χ3n) is 5.48. The highest BCUT2D eigenvalue weighted by molar-refractivity contribution is 14.1. The number of anilines is 2. The number of halogens is 1. The van der Waals surface area contributed by atoms with Crippen LogP contribution in [0.4, 0.5) is 11.6 Å². The Bertz CT molecular complexity index is 1170. The molecule has 1 aliphatic rings. The zero-order chi connectivity index (χ0) is 23.4. The number of nitrogens with one attached hydrogen (secondary N) is 3. The molecule has 3 N–H and O–H groups in total. The fourth-order valence-corrected chi connectivity index (χ4v) is 4.05. The van der Waals surface area contributed by atoms with Gasteiger partial charge in [0.1, 0.15) is 23.0 Å². The molecule has 0 saturated carbocycles. The highest BCUT2D eigenvalue weighted by Gasteiger charge is 2.20. The first-order chi connectivity index (χ1) is 16.0. The lowest BCUT2D eigenvalue weighted by Gasteiger charge is -2.18. The molecule has 3 heterocycles. The second-order valence-corrected chi connectivity index (χ2v) is 8.51. The zero-order valence-corrected chi connectivity index (χ0v) is 20.3. The number of hydrogen-bond donors (Lipinski definition) is 3. The minimum atomic E-state index is -0.414. The van der Waals surface area contributed by atoms with E-state index in [0.29, 0.717) is 17.2 Å². The predicted octanol–water partition coefficient (Wildman–Crippen LogP) is 3.68. The van der Waals surface area contributed by atoms with Crippen LogP contribution in [0.2, 0.25) is 0 Å². The lowest BCUT2D eigenvalue weighted by atomic mass is 10.1. The van der Waals surface area contributed by atoms with E-state index in [1.54, 1.807) is 43.6 Å². The fraction of sp³-hybridized carbons (Fsp3) is 0.261. The second-order valence-electron chi connectivity index (χ2n) is 7.74. The van der Waals surface area contributed by atoms with Crippen LogP contribution in [0.25, 0.3) is 0 Å². The van der Waals surface area contributed by atoms with Gasteiger partial charge in [-0.25, -0.2) is 4.98 Å². The van der Waals surface area contributed by atoms with Gasteiger partial charge in [-0.05, 0) is 36.6 Å². The Hall–Kier alpha value is -3.28. The van der Waals surface area contributed by atoms with Crippen LogP contribution >= 0.6 is 22.6 Å². The quantitative estimate of drug-likeness (QED) is 0.185. The van der Waals surface area contributed by atoms with Crippen LogP contribution in [0.15, 0.2) is 48.8 Å². The number of pyridine rings is 1. The van der Waals surface area contributed by atoms with Crippen LogP contribution in [0.3, 0.4) is 0 Å². The highest BCUT2D eigenvalue weighted by atomic mass is 127. The molecule has 1 saturated heterocycles. The molecule has 33 heavy (non-hydrogen) atoms. The SMILES string of the molecule is Cn1ncc(C(=O)Nc2ccc(CI)cn2)c1NC(=O)c1ccc(C(=N)N2CCCC2)cc1. The lowest BCUT2D eigenvalue weighted by molar-refractivity contribution is 0.102. The Balaban J connectivity index is 1.45. The van der Waals surface area contributed by atoms with E-state index in [2.05, 4.69) is 43.3 Å². The number of rotatable bonds is 6. The van der Waals surface area contributed by atoms with Crippen molar-refractivity contribution in [1.29, 1.82) is 5.41 Å². The van der Waals surface area contributed by atoms with Gasteiger partial charge in [-0.2, -0.15) is 5.10 Å². The van der Waals surface area contributed by atoms with Gasteiger partial charge < -0.3 is 15.5 Å². The van der Waals surface area contributed by atoms with Crippen LogP contribution in [0.1, 0.15) is 44.7 Å². The molecule has 2 aromatic heterocycles. The van der Waals surface area contributed by atoms with E-state index in [9.17, 15) is 9.59 Å². The van der Waals surface area contributed by atoms with Crippen LogP contribution < -0.4 is 10.6 Å². The largest absolute Gasteiger partial charge is 0.357 e. The average molecular weight is 557 g/mol. The topological polar surface area (TPSA) is 116 Å². The number of hydrogen-bond acceptors (Lipinski definition) is 5. The summed E-state index contributed by atoms with van der Waals surface area (Å²) in [5.74, 6) is 0.408. The Kier molecular flexibility index (Phi) is 7.02. The molecular weight excluding hydrogens is 533 g/mol. The number of alkyl halides is 1. The van der Waals surface area contributed by atoms with Gasteiger partial charge in [-0.1, -0.05) is 40.8 Å². The molecule has 2 amide bonds. The van der Waals surface area contributed by atoms with E-state index >= 15 is 0 Å². The minimum Gasteiger partial charge on any atom is -0.357 e. The average Bonchev–Trinajstić information content (AvgIpc) is 3.50. The van der Waals surface area contributed by atoms with Gasteiger partial charge in [0.15, 0.2) is 0 Å². The lowest BCUT2D eigenvalue weighted by Crippen LogP contribution is -2.27. The Morgan fingerprint density at radius 3 is 2.33 bits per heavy atom. The Labute approximate surface area is 205 Å².